The van der Waals surface area contributed by atoms with Crippen molar-refractivity contribution >= 4 is 80.2 Å². The van der Waals surface area contributed by atoms with Gasteiger partial charge in [-0.15, -0.1) is 0 Å². The molecule has 3 heterocycles. The highest BCUT2D eigenvalue weighted by molar-refractivity contribution is 7.80. The molecule has 30 heavy (non-hydrogen) atoms. The van der Waals surface area contributed by atoms with Crippen LogP contribution in [0.5, 0.6) is 0 Å². The lowest BCUT2D eigenvalue weighted by Crippen LogP contribution is -2.54. The molecule has 0 unspecified atom stereocenters. The van der Waals surface area contributed by atoms with Gasteiger partial charge in [0.25, 0.3) is 11.8 Å². The molecule has 3 aromatic rings. The molecule has 1 aromatic carbocycles. The molecule has 0 bridgehead atoms. The summed E-state index contributed by atoms with van der Waals surface area (Å²) in [6.45, 7) is 0. The molecule has 0 aliphatic carbocycles. The van der Waals surface area contributed by atoms with Crippen LogP contribution >= 0.6 is 46.5 Å². The number of rotatable bonds is 4. The Morgan fingerprint density at radius 1 is 1.13 bits per heavy atom. The number of thiophene rings is 2. The van der Waals surface area contributed by atoms with Crippen molar-refractivity contribution in [1.82, 2.24) is 5.32 Å². The molecule has 0 radical (unpaired) electrons. The molecule has 0 saturated carbocycles. The number of amides is 2. The predicted molar refractivity (Wildman–Crippen MR) is 122 cm³/mol. The van der Waals surface area contributed by atoms with Gasteiger partial charge in [-0.05, 0) is 70.3 Å². The fourth-order valence-electron chi connectivity index (χ4n) is 2.92. The number of nitrogens with one attached hydrogen (secondary N) is 1. The summed E-state index contributed by atoms with van der Waals surface area (Å²) in [4.78, 5) is 37.7. The average molecular weight is 476 g/mol. The van der Waals surface area contributed by atoms with Crippen molar-refractivity contribution < 1.29 is 14.5 Å². The number of carbonyl (C=O) groups is 2. The van der Waals surface area contributed by atoms with E-state index >= 15 is 0 Å². The van der Waals surface area contributed by atoms with E-state index in [1.165, 1.54) is 22.3 Å². The van der Waals surface area contributed by atoms with Gasteiger partial charge in [0.15, 0.2) is 5.11 Å². The van der Waals surface area contributed by atoms with E-state index in [0.29, 0.717) is 27.4 Å². The maximum atomic E-state index is 13.1. The number of hydrogen-bond donors (Lipinski definition) is 1. The summed E-state index contributed by atoms with van der Waals surface area (Å²) in [6, 6.07) is 8.10. The molecule has 2 aromatic heterocycles. The van der Waals surface area contributed by atoms with Crippen molar-refractivity contribution in [3.63, 3.8) is 0 Å². The Hall–Kier alpha value is -2.92. The van der Waals surface area contributed by atoms with E-state index in [2.05, 4.69) is 5.32 Å². The number of thiocarbonyl (C=S) groups is 1. The minimum Gasteiger partial charge on any atom is -0.298 e. The molecule has 1 aliphatic heterocycles. The largest absolute Gasteiger partial charge is 0.331 e. The normalized spacial score (nSPS) is 15.6. The van der Waals surface area contributed by atoms with Gasteiger partial charge in [-0.25, -0.2) is 0 Å². The van der Waals surface area contributed by atoms with E-state index in [1.807, 2.05) is 0 Å². The van der Waals surface area contributed by atoms with Gasteiger partial charge in [0.2, 0.25) is 0 Å². The molecule has 1 aliphatic rings. The second-order valence-corrected chi connectivity index (χ2v) is 8.53. The minimum atomic E-state index is -0.632. The molecule has 7 nitrogen and oxygen atoms in total. The Balaban J connectivity index is 1.76. The summed E-state index contributed by atoms with van der Waals surface area (Å²) in [5.41, 5.74) is 1.87. The fourth-order valence-corrected chi connectivity index (χ4v) is 4.86. The summed E-state index contributed by atoms with van der Waals surface area (Å²) in [7, 11) is 0. The smallest absolute Gasteiger partial charge is 0.298 e. The number of benzene rings is 1. The zero-order chi connectivity index (χ0) is 21.4. The highest BCUT2D eigenvalue weighted by atomic mass is 35.5. The first-order chi connectivity index (χ1) is 14.4. The van der Waals surface area contributed by atoms with Crippen LogP contribution in [0.3, 0.4) is 0 Å². The van der Waals surface area contributed by atoms with Crippen molar-refractivity contribution in [3.8, 4) is 11.1 Å². The number of anilines is 1. The van der Waals surface area contributed by atoms with Crippen molar-refractivity contribution in [2.45, 2.75) is 0 Å². The molecule has 0 atom stereocenters. The van der Waals surface area contributed by atoms with Crippen LogP contribution in [0.4, 0.5) is 10.7 Å². The van der Waals surface area contributed by atoms with Gasteiger partial charge in [-0.3, -0.25) is 29.9 Å². The van der Waals surface area contributed by atoms with E-state index < -0.39 is 16.7 Å². The average Bonchev–Trinajstić information content (AvgIpc) is 3.35. The van der Waals surface area contributed by atoms with Crippen molar-refractivity contribution in [2.24, 2.45) is 0 Å². The molecule has 1 saturated heterocycles. The van der Waals surface area contributed by atoms with E-state index in [-0.39, 0.29) is 15.7 Å². The molecule has 150 valence electrons. The van der Waals surface area contributed by atoms with Crippen LogP contribution in [0.25, 0.3) is 17.2 Å². The third kappa shape index (κ3) is 3.65. The van der Waals surface area contributed by atoms with E-state index in [9.17, 15) is 19.7 Å². The second-order valence-electron chi connectivity index (χ2n) is 6.07. The Morgan fingerprint density at radius 3 is 2.57 bits per heavy atom. The van der Waals surface area contributed by atoms with Crippen LogP contribution in [0, 0.1) is 10.1 Å². The van der Waals surface area contributed by atoms with Crippen LogP contribution in [-0.4, -0.2) is 21.9 Å². The lowest BCUT2D eigenvalue weighted by Gasteiger charge is -2.28. The number of hydrogen-bond acceptors (Lipinski definition) is 7. The molecule has 2 amide bonds. The van der Waals surface area contributed by atoms with Gasteiger partial charge in [0.05, 0.1) is 16.2 Å². The van der Waals surface area contributed by atoms with Crippen molar-refractivity contribution in [3.05, 3.63) is 72.7 Å². The van der Waals surface area contributed by atoms with Crippen LogP contribution in [-0.2, 0) is 9.59 Å². The Morgan fingerprint density at radius 2 is 1.87 bits per heavy atom. The van der Waals surface area contributed by atoms with Crippen LogP contribution in [0.1, 0.15) is 5.56 Å². The molecular formula is C19H10ClN3O4S3. The Kier molecular flexibility index (Phi) is 5.48. The zero-order valence-corrected chi connectivity index (χ0v) is 18.0. The summed E-state index contributed by atoms with van der Waals surface area (Å²) < 4.78 is 0. The lowest BCUT2D eigenvalue weighted by molar-refractivity contribution is -0.379. The van der Waals surface area contributed by atoms with E-state index in [4.69, 9.17) is 23.8 Å². The zero-order valence-electron chi connectivity index (χ0n) is 14.8. The predicted octanol–water partition coefficient (Wildman–Crippen LogP) is 4.87. The fraction of sp³-hybridized carbons (Fsp3) is 0. The van der Waals surface area contributed by atoms with E-state index in [0.717, 1.165) is 11.3 Å². The molecule has 11 heteroatoms. The van der Waals surface area contributed by atoms with Gasteiger partial charge in [-0.2, -0.15) is 11.3 Å². The number of nitro groups is 1. The monoisotopic (exact) mass is 475 g/mol. The highest BCUT2D eigenvalue weighted by Gasteiger charge is 2.35. The van der Waals surface area contributed by atoms with Crippen LogP contribution in [0.15, 0.2) is 52.0 Å². The molecule has 0 spiro atoms. The Bertz CT molecular complexity index is 1230. The Labute approximate surface area is 188 Å². The van der Waals surface area contributed by atoms with Gasteiger partial charge >= 0.3 is 5.00 Å². The third-order valence-electron chi connectivity index (χ3n) is 4.28. The maximum Gasteiger partial charge on any atom is 0.331 e. The molecule has 4 rings (SSSR count). The second kappa shape index (κ2) is 8.07. The lowest BCUT2D eigenvalue weighted by atomic mass is 10.0. The molecular weight excluding hydrogens is 466 g/mol. The summed E-state index contributed by atoms with van der Waals surface area (Å²) in [5.74, 6) is -1.23. The standard InChI is InChI=1S/C19H10ClN3O4S3/c20-11-1-3-12(4-2-11)22-17(25)14(16(24)21-19(22)28)7-10-8-29-9-15(10)13-5-6-30-18(13)23(26)27/h1-9H,(H,21,24,28)/b14-7-. The number of carbonyl (C=O) groups excluding carboxylic acids is 2. The van der Waals surface area contributed by atoms with Crippen molar-refractivity contribution in [1.29, 1.82) is 0 Å². The number of nitrogens with zero attached hydrogens (tertiary/aromatic N) is 2. The first-order valence-electron chi connectivity index (χ1n) is 8.32. The van der Waals surface area contributed by atoms with Gasteiger partial charge < -0.3 is 0 Å². The van der Waals surface area contributed by atoms with Gasteiger partial charge in [-0.1, -0.05) is 22.9 Å². The van der Waals surface area contributed by atoms with Gasteiger partial charge in [0.1, 0.15) is 5.57 Å². The van der Waals surface area contributed by atoms with Crippen molar-refractivity contribution in [2.75, 3.05) is 4.90 Å². The van der Waals surface area contributed by atoms with E-state index in [1.54, 1.807) is 46.5 Å². The SMILES string of the molecule is O=C1NC(=S)N(c2ccc(Cl)cc2)C(=O)/C1=C\c1cscc1-c1ccsc1[N+](=O)[O-]. The maximum absolute atomic E-state index is 13.1. The molecule has 1 fully saturated rings. The first-order valence-corrected chi connectivity index (χ1v) is 10.9. The third-order valence-corrected chi connectivity index (χ3v) is 6.44. The quantitative estimate of drug-likeness (QED) is 0.191. The summed E-state index contributed by atoms with van der Waals surface area (Å²) in [6.07, 6.45) is 1.43. The topological polar surface area (TPSA) is 92.6 Å². The number of halogens is 1. The summed E-state index contributed by atoms with van der Waals surface area (Å²) in [5, 5.41) is 19.4. The first kappa shape index (κ1) is 20.4. The van der Waals surface area contributed by atoms with Crippen LogP contribution < -0.4 is 10.2 Å². The minimum absolute atomic E-state index is 0.00330. The highest BCUT2D eigenvalue weighted by Crippen LogP contribution is 2.39. The van der Waals surface area contributed by atoms with Crippen LogP contribution in [0.2, 0.25) is 5.02 Å². The summed E-state index contributed by atoms with van der Waals surface area (Å²) >= 11 is 13.4. The van der Waals surface area contributed by atoms with Gasteiger partial charge in [0, 0.05) is 10.6 Å². The molecule has 1 N–H and O–H groups in total.